The van der Waals surface area contributed by atoms with E-state index < -0.39 is 42.0 Å². The first-order valence-corrected chi connectivity index (χ1v) is 7.88. The van der Waals surface area contributed by atoms with Gasteiger partial charge in [-0.25, -0.2) is 4.79 Å². The summed E-state index contributed by atoms with van der Waals surface area (Å²) < 4.78 is 89.4. The van der Waals surface area contributed by atoms with Gasteiger partial charge in [-0.3, -0.25) is 0 Å². The van der Waals surface area contributed by atoms with Crippen LogP contribution in [0.25, 0.3) is 0 Å². The number of halogens is 6. The molecule has 0 spiro atoms. The van der Waals surface area contributed by atoms with Gasteiger partial charge in [-0.15, -0.1) is 0 Å². The molecule has 0 aromatic rings. The lowest BCUT2D eigenvalue weighted by atomic mass is 9.81. The Kier molecular flexibility index (Phi) is 4.85. The summed E-state index contributed by atoms with van der Waals surface area (Å²) in [5.74, 6) is -1.24. The zero-order valence-electron chi connectivity index (χ0n) is 14.0. The van der Waals surface area contributed by atoms with Gasteiger partial charge in [0.15, 0.2) is 0 Å². The second-order valence-corrected chi connectivity index (χ2v) is 7.63. The number of hydrogen-bond donors (Lipinski definition) is 0. The molecule has 0 amide bonds. The molecule has 3 atom stereocenters. The van der Waals surface area contributed by atoms with Gasteiger partial charge in [0.2, 0.25) is 0 Å². The van der Waals surface area contributed by atoms with Crippen LogP contribution < -0.4 is 0 Å². The van der Waals surface area contributed by atoms with Crippen molar-refractivity contribution in [3.05, 3.63) is 12.2 Å². The average molecular weight is 374 g/mol. The standard InChI is InChI=1S/C16H20F6O3/c1-13(2,3)24-12(23)25-14(15(17,18)19,16(20,21)22)8-11-7-9-4-5-10(11)6-9/h4-5,9-11H,6-8H2,1-3H3. The number of alkyl halides is 6. The highest BCUT2D eigenvalue weighted by molar-refractivity contribution is 5.61. The molecule has 0 aliphatic heterocycles. The molecule has 0 aromatic heterocycles. The van der Waals surface area contributed by atoms with E-state index in [1.165, 1.54) is 20.8 Å². The van der Waals surface area contributed by atoms with Gasteiger partial charge in [0.05, 0.1) is 0 Å². The maximum absolute atomic E-state index is 13.5. The normalized spacial score (nSPS) is 26.8. The molecular formula is C16H20F6O3. The Morgan fingerprint density at radius 3 is 1.88 bits per heavy atom. The summed E-state index contributed by atoms with van der Waals surface area (Å²) in [5.41, 5.74) is -5.86. The van der Waals surface area contributed by atoms with Gasteiger partial charge in [-0.05, 0) is 51.4 Å². The van der Waals surface area contributed by atoms with E-state index in [-0.39, 0.29) is 18.3 Å². The Hall–Kier alpha value is -1.41. The summed E-state index contributed by atoms with van der Waals surface area (Å²) >= 11 is 0. The first-order valence-electron chi connectivity index (χ1n) is 7.88. The van der Waals surface area contributed by atoms with Crippen LogP contribution in [0.15, 0.2) is 12.2 Å². The van der Waals surface area contributed by atoms with Gasteiger partial charge in [0.25, 0.3) is 0 Å². The summed E-state index contributed by atoms with van der Waals surface area (Å²) in [6, 6.07) is 0. The maximum Gasteiger partial charge on any atom is 0.510 e. The zero-order chi connectivity index (χ0) is 19.3. The molecule has 2 rings (SSSR count). The molecular weight excluding hydrogens is 354 g/mol. The number of ether oxygens (including phenoxy) is 2. The van der Waals surface area contributed by atoms with E-state index in [1.807, 2.05) is 0 Å². The molecule has 3 nitrogen and oxygen atoms in total. The second-order valence-electron chi connectivity index (χ2n) is 7.63. The molecule has 0 N–H and O–H groups in total. The first-order chi connectivity index (χ1) is 11.1. The highest BCUT2D eigenvalue weighted by atomic mass is 19.4. The van der Waals surface area contributed by atoms with Crippen molar-refractivity contribution in [2.45, 2.75) is 63.6 Å². The molecule has 0 radical (unpaired) electrons. The number of carbonyl (C=O) groups excluding carboxylic acids is 1. The van der Waals surface area contributed by atoms with Crippen molar-refractivity contribution in [2.24, 2.45) is 17.8 Å². The molecule has 1 fully saturated rings. The monoisotopic (exact) mass is 374 g/mol. The van der Waals surface area contributed by atoms with Crippen molar-refractivity contribution in [2.75, 3.05) is 0 Å². The predicted molar refractivity (Wildman–Crippen MR) is 75.6 cm³/mol. The van der Waals surface area contributed by atoms with Crippen molar-refractivity contribution >= 4 is 6.16 Å². The largest absolute Gasteiger partial charge is 0.510 e. The molecule has 25 heavy (non-hydrogen) atoms. The van der Waals surface area contributed by atoms with Gasteiger partial charge < -0.3 is 9.47 Å². The minimum absolute atomic E-state index is 0.0179. The third kappa shape index (κ3) is 4.06. The molecule has 0 heterocycles. The third-order valence-electron chi connectivity index (χ3n) is 4.53. The Morgan fingerprint density at radius 2 is 1.52 bits per heavy atom. The van der Waals surface area contributed by atoms with E-state index in [0.717, 1.165) is 0 Å². The van der Waals surface area contributed by atoms with Crippen LogP contribution in [0, 0.1) is 17.8 Å². The van der Waals surface area contributed by atoms with Crippen molar-refractivity contribution in [1.82, 2.24) is 0 Å². The van der Waals surface area contributed by atoms with E-state index >= 15 is 0 Å². The molecule has 2 aliphatic rings. The average Bonchev–Trinajstić information content (AvgIpc) is 2.94. The molecule has 1 saturated carbocycles. The van der Waals surface area contributed by atoms with Crippen LogP contribution >= 0.6 is 0 Å². The summed E-state index contributed by atoms with van der Waals surface area (Å²) in [4.78, 5) is 11.6. The smallest absolute Gasteiger partial charge is 0.429 e. The number of fused-ring (bicyclic) bond motifs is 2. The van der Waals surface area contributed by atoms with Crippen LogP contribution in [-0.2, 0) is 9.47 Å². The van der Waals surface area contributed by atoms with Crippen LogP contribution in [0.1, 0.15) is 40.0 Å². The van der Waals surface area contributed by atoms with E-state index in [0.29, 0.717) is 6.42 Å². The first kappa shape index (κ1) is 19.9. The third-order valence-corrected chi connectivity index (χ3v) is 4.53. The van der Waals surface area contributed by atoms with E-state index in [4.69, 9.17) is 0 Å². The van der Waals surface area contributed by atoms with Gasteiger partial charge in [0, 0.05) is 6.42 Å². The van der Waals surface area contributed by atoms with Crippen LogP contribution in [-0.4, -0.2) is 29.7 Å². The zero-order valence-corrected chi connectivity index (χ0v) is 14.0. The van der Waals surface area contributed by atoms with E-state index in [9.17, 15) is 31.1 Å². The highest BCUT2D eigenvalue weighted by Crippen LogP contribution is 2.55. The summed E-state index contributed by atoms with van der Waals surface area (Å²) in [5, 5.41) is 0. The van der Waals surface area contributed by atoms with Crippen molar-refractivity contribution in [3.63, 3.8) is 0 Å². The Morgan fingerprint density at radius 1 is 0.960 bits per heavy atom. The fourth-order valence-electron chi connectivity index (χ4n) is 3.46. The highest BCUT2D eigenvalue weighted by Gasteiger charge is 2.75. The van der Waals surface area contributed by atoms with Gasteiger partial charge >= 0.3 is 24.1 Å². The Labute approximate surface area is 141 Å². The quantitative estimate of drug-likeness (QED) is 0.377. The van der Waals surface area contributed by atoms with Gasteiger partial charge in [-0.1, -0.05) is 12.2 Å². The summed E-state index contributed by atoms with van der Waals surface area (Å²) in [7, 11) is 0. The molecule has 9 heteroatoms. The lowest BCUT2D eigenvalue weighted by Gasteiger charge is -2.39. The van der Waals surface area contributed by atoms with Crippen LogP contribution in [0.5, 0.6) is 0 Å². The number of allylic oxidation sites excluding steroid dienone is 2. The fourth-order valence-corrected chi connectivity index (χ4v) is 3.46. The molecule has 2 bridgehead atoms. The van der Waals surface area contributed by atoms with Gasteiger partial charge in [0.1, 0.15) is 5.60 Å². The molecule has 2 aliphatic carbocycles. The van der Waals surface area contributed by atoms with Gasteiger partial charge in [-0.2, -0.15) is 26.3 Å². The summed E-state index contributed by atoms with van der Waals surface area (Å²) in [6.07, 6.45) is -10.8. The number of carbonyl (C=O) groups is 1. The van der Waals surface area contributed by atoms with Crippen molar-refractivity contribution < 1.29 is 40.6 Å². The lowest BCUT2D eigenvalue weighted by molar-refractivity contribution is -0.374. The lowest BCUT2D eigenvalue weighted by Crippen LogP contribution is -2.61. The molecule has 0 aromatic carbocycles. The van der Waals surface area contributed by atoms with Crippen LogP contribution in [0.2, 0.25) is 0 Å². The number of rotatable bonds is 3. The Bertz CT molecular complexity index is 530. The van der Waals surface area contributed by atoms with Crippen LogP contribution in [0.3, 0.4) is 0 Å². The van der Waals surface area contributed by atoms with E-state index in [1.54, 1.807) is 12.2 Å². The number of hydrogen-bond acceptors (Lipinski definition) is 3. The Balaban J connectivity index is 2.32. The SMILES string of the molecule is CC(C)(C)OC(=O)OC(CC1CC2C=CC1C2)(C(F)(F)F)C(F)(F)F. The minimum Gasteiger partial charge on any atom is -0.429 e. The van der Waals surface area contributed by atoms with Crippen LogP contribution in [0.4, 0.5) is 31.1 Å². The fraction of sp³-hybridized carbons (Fsp3) is 0.812. The summed E-state index contributed by atoms with van der Waals surface area (Å²) in [6.45, 7) is 3.95. The van der Waals surface area contributed by atoms with Crippen molar-refractivity contribution in [1.29, 1.82) is 0 Å². The molecule has 0 saturated heterocycles. The molecule has 3 unspecified atom stereocenters. The topological polar surface area (TPSA) is 35.5 Å². The predicted octanol–water partition coefficient (Wildman–Crippen LogP) is 5.40. The molecule has 144 valence electrons. The van der Waals surface area contributed by atoms with E-state index in [2.05, 4.69) is 9.47 Å². The maximum atomic E-state index is 13.5. The second kappa shape index (κ2) is 6.09. The van der Waals surface area contributed by atoms with Crippen molar-refractivity contribution in [3.8, 4) is 0 Å². The minimum atomic E-state index is -5.81.